The van der Waals surface area contributed by atoms with E-state index in [-0.39, 0.29) is 5.43 Å². The molecule has 2 nitrogen and oxygen atoms in total. The van der Waals surface area contributed by atoms with Crippen LogP contribution in [0, 0.1) is 0 Å². The number of hydrogen-bond acceptors (Lipinski definition) is 1. The number of nitrogens with one attached hydrogen (secondary N) is 1. The van der Waals surface area contributed by atoms with Crippen molar-refractivity contribution in [2.45, 2.75) is 0 Å². The molecule has 0 unspecified atom stereocenters. The van der Waals surface area contributed by atoms with Crippen molar-refractivity contribution in [3.63, 3.8) is 0 Å². The summed E-state index contributed by atoms with van der Waals surface area (Å²) in [4.78, 5) is 14.4. The Labute approximate surface area is 87.7 Å². The summed E-state index contributed by atoms with van der Waals surface area (Å²) in [5, 5.41) is 1.14. The van der Waals surface area contributed by atoms with Gasteiger partial charge in [0.2, 0.25) is 0 Å². The zero-order valence-corrected chi connectivity index (χ0v) is 8.82. The van der Waals surface area contributed by atoms with Gasteiger partial charge in [0.15, 0.2) is 5.43 Å². The Hall–Kier alpha value is -0.800. The molecule has 0 spiro atoms. The highest BCUT2D eigenvalue weighted by atomic mass is 79.9. The molecule has 0 atom stereocenters. The number of aromatic amines is 1. The fraction of sp³-hybridized carbons (Fsp3) is 0. The Morgan fingerprint density at radius 1 is 1.31 bits per heavy atom. The SMILES string of the molecule is O=c1cc[nH]c2ccc(Cl)c(Br)c12. The number of hydrogen-bond donors (Lipinski definition) is 1. The number of halogens is 2. The van der Waals surface area contributed by atoms with Gasteiger partial charge >= 0.3 is 0 Å². The molecule has 66 valence electrons. The van der Waals surface area contributed by atoms with Crippen molar-refractivity contribution < 1.29 is 0 Å². The summed E-state index contributed by atoms with van der Waals surface area (Å²) >= 11 is 9.14. The molecule has 1 aromatic carbocycles. The van der Waals surface area contributed by atoms with E-state index >= 15 is 0 Å². The van der Waals surface area contributed by atoms with Crippen LogP contribution in [0.1, 0.15) is 0 Å². The van der Waals surface area contributed by atoms with Crippen molar-refractivity contribution in [2.24, 2.45) is 0 Å². The third-order valence-corrected chi connectivity index (χ3v) is 3.18. The van der Waals surface area contributed by atoms with Crippen LogP contribution in [0.4, 0.5) is 0 Å². The highest BCUT2D eigenvalue weighted by Crippen LogP contribution is 2.27. The van der Waals surface area contributed by atoms with E-state index in [0.717, 1.165) is 5.52 Å². The molecule has 0 amide bonds. The van der Waals surface area contributed by atoms with E-state index in [0.29, 0.717) is 14.9 Å². The van der Waals surface area contributed by atoms with Crippen molar-refractivity contribution in [3.05, 3.63) is 44.1 Å². The first-order chi connectivity index (χ1) is 6.20. The molecule has 0 bridgehead atoms. The van der Waals surface area contributed by atoms with E-state index in [9.17, 15) is 4.79 Å². The molecule has 1 aromatic heterocycles. The predicted octanol–water partition coefficient (Wildman–Crippen LogP) is 2.94. The lowest BCUT2D eigenvalue weighted by Crippen LogP contribution is -2.00. The summed E-state index contributed by atoms with van der Waals surface area (Å²) in [7, 11) is 0. The molecule has 0 aliphatic carbocycles. The van der Waals surface area contributed by atoms with Crippen LogP contribution in [-0.2, 0) is 0 Å². The average molecular weight is 259 g/mol. The lowest BCUT2D eigenvalue weighted by atomic mass is 10.2. The zero-order chi connectivity index (χ0) is 9.42. The summed E-state index contributed by atoms with van der Waals surface area (Å²) in [5.74, 6) is 0. The Morgan fingerprint density at radius 2 is 2.08 bits per heavy atom. The number of benzene rings is 1. The van der Waals surface area contributed by atoms with Gasteiger partial charge in [0.05, 0.1) is 15.9 Å². The second kappa shape index (κ2) is 3.16. The van der Waals surface area contributed by atoms with Crippen LogP contribution in [0.25, 0.3) is 10.9 Å². The largest absolute Gasteiger partial charge is 0.361 e. The third-order valence-electron chi connectivity index (χ3n) is 1.81. The Morgan fingerprint density at radius 3 is 2.85 bits per heavy atom. The fourth-order valence-corrected chi connectivity index (χ4v) is 1.90. The molecule has 0 saturated heterocycles. The first-order valence-corrected chi connectivity index (χ1v) is 4.82. The van der Waals surface area contributed by atoms with Crippen molar-refractivity contribution >= 4 is 38.4 Å². The molecule has 1 N–H and O–H groups in total. The Bertz CT molecular complexity index is 520. The third kappa shape index (κ3) is 1.38. The average Bonchev–Trinajstić information content (AvgIpc) is 2.12. The Kier molecular flexibility index (Phi) is 2.14. The molecule has 0 saturated carbocycles. The molecule has 0 fully saturated rings. The fourth-order valence-electron chi connectivity index (χ4n) is 1.20. The first-order valence-electron chi connectivity index (χ1n) is 3.65. The summed E-state index contributed by atoms with van der Waals surface area (Å²) in [6, 6.07) is 5.00. The molecule has 0 radical (unpaired) electrons. The van der Waals surface area contributed by atoms with Gasteiger partial charge < -0.3 is 4.98 Å². The lowest BCUT2D eigenvalue weighted by molar-refractivity contribution is 1.39. The molecule has 13 heavy (non-hydrogen) atoms. The van der Waals surface area contributed by atoms with E-state index < -0.39 is 0 Å². The van der Waals surface area contributed by atoms with Gasteiger partial charge in [0.25, 0.3) is 0 Å². The monoisotopic (exact) mass is 257 g/mol. The van der Waals surface area contributed by atoms with Gasteiger partial charge in [0, 0.05) is 16.7 Å². The summed E-state index contributed by atoms with van der Waals surface area (Å²) in [6.07, 6.45) is 1.62. The minimum atomic E-state index is -0.0388. The normalized spacial score (nSPS) is 10.6. The summed E-state index contributed by atoms with van der Waals surface area (Å²) in [6.45, 7) is 0. The van der Waals surface area contributed by atoms with Crippen LogP contribution in [0.3, 0.4) is 0 Å². The van der Waals surface area contributed by atoms with Crippen molar-refractivity contribution in [1.29, 1.82) is 0 Å². The van der Waals surface area contributed by atoms with Crippen LogP contribution in [0.2, 0.25) is 5.02 Å². The van der Waals surface area contributed by atoms with E-state index in [1.807, 2.05) is 0 Å². The van der Waals surface area contributed by atoms with Crippen molar-refractivity contribution in [2.75, 3.05) is 0 Å². The maximum Gasteiger partial charge on any atom is 0.190 e. The topological polar surface area (TPSA) is 32.9 Å². The molecular weight excluding hydrogens is 253 g/mol. The second-order valence-electron chi connectivity index (χ2n) is 2.63. The predicted molar refractivity (Wildman–Crippen MR) is 57.3 cm³/mol. The lowest BCUT2D eigenvalue weighted by Gasteiger charge is -2.00. The van der Waals surface area contributed by atoms with Crippen molar-refractivity contribution in [1.82, 2.24) is 4.98 Å². The highest BCUT2D eigenvalue weighted by Gasteiger charge is 2.05. The number of fused-ring (bicyclic) bond motifs is 1. The standard InChI is InChI=1S/C9H5BrClNO/c10-9-5(11)1-2-6-8(9)7(13)3-4-12-6/h1-4H,(H,12,13). The molecule has 0 aliphatic heterocycles. The molecule has 0 aliphatic rings. The smallest absolute Gasteiger partial charge is 0.190 e. The van der Waals surface area contributed by atoms with Gasteiger partial charge in [0.1, 0.15) is 0 Å². The van der Waals surface area contributed by atoms with E-state index in [1.54, 1.807) is 18.3 Å². The van der Waals surface area contributed by atoms with Crippen LogP contribution in [0.5, 0.6) is 0 Å². The maximum atomic E-state index is 11.4. The summed E-state index contributed by atoms with van der Waals surface area (Å²) < 4.78 is 0.647. The molecular formula is C9H5BrClNO. The van der Waals surface area contributed by atoms with Crippen LogP contribution >= 0.6 is 27.5 Å². The van der Waals surface area contributed by atoms with E-state index in [4.69, 9.17) is 11.6 Å². The summed E-state index contributed by atoms with van der Waals surface area (Å²) in [5.41, 5.74) is 0.743. The second-order valence-corrected chi connectivity index (χ2v) is 3.83. The molecule has 4 heteroatoms. The number of pyridine rings is 1. The maximum absolute atomic E-state index is 11.4. The van der Waals surface area contributed by atoms with Gasteiger partial charge in [-0.1, -0.05) is 11.6 Å². The number of aromatic nitrogens is 1. The molecule has 2 rings (SSSR count). The minimum absolute atomic E-state index is 0.0388. The van der Waals surface area contributed by atoms with Gasteiger partial charge in [-0.15, -0.1) is 0 Å². The quantitative estimate of drug-likeness (QED) is 0.774. The van der Waals surface area contributed by atoms with Gasteiger partial charge in [-0.2, -0.15) is 0 Å². The first kappa shape index (κ1) is 8.78. The van der Waals surface area contributed by atoms with Gasteiger partial charge in [-0.3, -0.25) is 4.79 Å². The Balaban J connectivity index is 3.06. The number of H-pyrrole nitrogens is 1. The number of rotatable bonds is 0. The van der Waals surface area contributed by atoms with Gasteiger partial charge in [-0.05, 0) is 28.1 Å². The van der Waals surface area contributed by atoms with Crippen LogP contribution in [-0.4, -0.2) is 4.98 Å². The zero-order valence-electron chi connectivity index (χ0n) is 6.47. The van der Waals surface area contributed by atoms with Crippen LogP contribution < -0.4 is 5.43 Å². The van der Waals surface area contributed by atoms with Gasteiger partial charge in [-0.25, -0.2) is 0 Å². The van der Waals surface area contributed by atoms with Crippen LogP contribution in [0.15, 0.2) is 33.7 Å². The van der Waals surface area contributed by atoms with E-state index in [1.165, 1.54) is 6.07 Å². The van der Waals surface area contributed by atoms with E-state index in [2.05, 4.69) is 20.9 Å². The van der Waals surface area contributed by atoms with Crippen molar-refractivity contribution in [3.8, 4) is 0 Å². The molecule has 2 aromatic rings. The molecule has 1 heterocycles. The highest BCUT2D eigenvalue weighted by molar-refractivity contribution is 9.10. The minimum Gasteiger partial charge on any atom is -0.361 e.